The third kappa shape index (κ3) is 5.31. The minimum atomic E-state index is -0.819. The second-order valence-corrected chi connectivity index (χ2v) is 7.81. The van der Waals surface area contributed by atoms with Crippen molar-refractivity contribution >= 4 is 22.5 Å². The summed E-state index contributed by atoms with van der Waals surface area (Å²) in [6.07, 6.45) is 5.58. The second kappa shape index (κ2) is 8.78. The van der Waals surface area contributed by atoms with Gasteiger partial charge in [0.15, 0.2) is 0 Å². The zero-order valence-electron chi connectivity index (χ0n) is 14.2. The summed E-state index contributed by atoms with van der Waals surface area (Å²) in [6.45, 7) is 3.52. The molecule has 0 aliphatic carbocycles. The molecule has 1 aromatic heterocycles. The van der Waals surface area contributed by atoms with Gasteiger partial charge in [0, 0.05) is 54.1 Å². The lowest BCUT2D eigenvalue weighted by molar-refractivity contribution is -0.126. The van der Waals surface area contributed by atoms with Crippen molar-refractivity contribution in [1.29, 1.82) is 5.26 Å². The molecule has 0 saturated carbocycles. The highest BCUT2D eigenvalue weighted by molar-refractivity contribution is 7.84. The predicted molar refractivity (Wildman–Crippen MR) is 95.0 cm³/mol. The van der Waals surface area contributed by atoms with Gasteiger partial charge >= 0.3 is 0 Å². The fourth-order valence-corrected chi connectivity index (χ4v) is 3.47. The Morgan fingerprint density at radius 1 is 1.50 bits per heavy atom. The Kier molecular flexibility index (Phi) is 6.73. The van der Waals surface area contributed by atoms with Gasteiger partial charge in [-0.15, -0.1) is 0 Å². The quantitative estimate of drug-likeness (QED) is 0.841. The van der Waals surface area contributed by atoms with Crippen LogP contribution in [0.25, 0.3) is 0 Å². The first-order valence-corrected chi connectivity index (χ1v) is 9.94. The monoisotopic (exact) mass is 348 g/mol. The fourth-order valence-electron chi connectivity index (χ4n) is 2.79. The number of pyridine rings is 1. The van der Waals surface area contributed by atoms with Crippen LogP contribution in [0.3, 0.4) is 0 Å². The molecule has 2 atom stereocenters. The lowest BCUT2D eigenvalue weighted by atomic mass is 9.95. The molecule has 1 aliphatic rings. The van der Waals surface area contributed by atoms with E-state index in [1.54, 1.807) is 18.5 Å². The van der Waals surface area contributed by atoms with E-state index in [-0.39, 0.29) is 17.9 Å². The zero-order valence-corrected chi connectivity index (χ0v) is 15.0. The average molecular weight is 348 g/mol. The van der Waals surface area contributed by atoms with Crippen molar-refractivity contribution in [3.05, 3.63) is 23.9 Å². The van der Waals surface area contributed by atoms with E-state index in [1.807, 2.05) is 13.0 Å². The van der Waals surface area contributed by atoms with Gasteiger partial charge in [0.1, 0.15) is 11.9 Å². The molecule has 7 heteroatoms. The molecule has 0 bridgehead atoms. The largest absolute Gasteiger partial charge is 0.357 e. The number of carbonyl (C=O) groups is 1. The first-order chi connectivity index (χ1) is 11.5. The summed E-state index contributed by atoms with van der Waals surface area (Å²) in [5, 5.41) is 11.8. The summed E-state index contributed by atoms with van der Waals surface area (Å²) in [5.74, 6) is 1.59. The maximum absolute atomic E-state index is 12.3. The number of amides is 1. The maximum Gasteiger partial charge on any atom is 0.223 e. The maximum atomic E-state index is 12.3. The highest BCUT2D eigenvalue weighted by Crippen LogP contribution is 2.22. The lowest BCUT2D eigenvalue weighted by Gasteiger charge is -2.32. The van der Waals surface area contributed by atoms with Crippen LogP contribution in [0.4, 0.5) is 5.82 Å². The molecule has 0 spiro atoms. The number of hydrogen-bond acceptors (Lipinski definition) is 5. The van der Waals surface area contributed by atoms with Crippen molar-refractivity contribution in [1.82, 2.24) is 10.3 Å². The first-order valence-electron chi connectivity index (χ1n) is 8.21. The zero-order chi connectivity index (χ0) is 17.5. The summed E-state index contributed by atoms with van der Waals surface area (Å²) in [6, 6.07) is 5.73. The van der Waals surface area contributed by atoms with Gasteiger partial charge in [0.05, 0.1) is 5.56 Å². The van der Waals surface area contributed by atoms with Gasteiger partial charge in [-0.3, -0.25) is 9.00 Å². The van der Waals surface area contributed by atoms with Crippen LogP contribution in [0.15, 0.2) is 18.3 Å². The molecule has 24 heavy (non-hydrogen) atoms. The Labute approximate surface area is 145 Å². The van der Waals surface area contributed by atoms with E-state index in [0.29, 0.717) is 11.3 Å². The smallest absolute Gasteiger partial charge is 0.223 e. The highest BCUT2D eigenvalue weighted by Gasteiger charge is 2.26. The number of nitrogens with zero attached hydrogens (tertiary/aromatic N) is 3. The van der Waals surface area contributed by atoms with E-state index >= 15 is 0 Å². The van der Waals surface area contributed by atoms with Crippen LogP contribution in [-0.2, 0) is 15.6 Å². The average Bonchev–Trinajstić information content (AvgIpc) is 2.60. The van der Waals surface area contributed by atoms with Gasteiger partial charge < -0.3 is 10.2 Å². The third-order valence-electron chi connectivity index (χ3n) is 4.29. The number of piperidine rings is 1. The molecular formula is C17H24N4O2S. The van der Waals surface area contributed by atoms with Crippen LogP contribution in [0.5, 0.6) is 0 Å². The van der Waals surface area contributed by atoms with Crippen LogP contribution in [0.2, 0.25) is 0 Å². The van der Waals surface area contributed by atoms with Crippen LogP contribution in [0, 0.1) is 17.2 Å². The summed E-state index contributed by atoms with van der Waals surface area (Å²) < 4.78 is 11.1. The number of rotatable bonds is 6. The van der Waals surface area contributed by atoms with Crippen LogP contribution in [-0.4, -0.2) is 46.2 Å². The van der Waals surface area contributed by atoms with Gasteiger partial charge in [-0.25, -0.2) is 4.98 Å². The molecule has 1 aromatic rings. The predicted octanol–water partition coefficient (Wildman–Crippen LogP) is 1.44. The van der Waals surface area contributed by atoms with Crippen LogP contribution < -0.4 is 10.2 Å². The molecular weight excluding hydrogens is 324 g/mol. The van der Waals surface area contributed by atoms with Gasteiger partial charge in [0.2, 0.25) is 5.91 Å². The standard InChI is InChI=1S/C17H24N4O2S/c1-13(7-10-24(2)23)20-17(22)15-5-8-21(9-6-15)16-4-3-14(11-18)12-19-16/h3-4,12-13,15H,5-10H2,1-2H3,(H,20,22). The van der Waals surface area contributed by atoms with Gasteiger partial charge in [-0.1, -0.05) is 0 Å². The van der Waals surface area contributed by atoms with Crippen molar-refractivity contribution in [2.24, 2.45) is 5.92 Å². The minimum Gasteiger partial charge on any atom is -0.357 e. The number of anilines is 1. The van der Waals surface area contributed by atoms with E-state index in [2.05, 4.69) is 21.3 Å². The van der Waals surface area contributed by atoms with Crippen LogP contribution in [0.1, 0.15) is 31.7 Å². The van der Waals surface area contributed by atoms with Gasteiger partial charge in [-0.2, -0.15) is 5.26 Å². The van der Waals surface area contributed by atoms with E-state index in [4.69, 9.17) is 5.26 Å². The molecule has 2 unspecified atom stereocenters. The Hall–Kier alpha value is -1.94. The van der Waals surface area contributed by atoms with E-state index in [1.165, 1.54) is 0 Å². The molecule has 130 valence electrons. The Morgan fingerprint density at radius 2 is 2.21 bits per heavy atom. The normalized spacial score (nSPS) is 17.8. The number of nitriles is 1. The molecule has 2 heterocycles. The summed E-state index contributed by atoms with van der Waals surface area (Å²) in [7, 11) is -0.819. The second-order valence-electron chi connectivity index (χ2n) is 6.25. The highest BCUT2D eigenvalue weighted by atomic mass is 32.2. The molecule has 1 saturated heterocycles. The number of carbonyl (C=O) groups excluding carboxylic acids is 1. The van der Waals surface area contributed by atoms with E-state index < -0.39 is 10.8 Å². The van der Waals surface area contributed by atoms with E-state index in [0.717, 1.165) is 38.2 Å². The van der Waals surface area contributed by atoms with E-state index in [9.17, 15) is 9.00 Å². The summed E-state index contributed by atoms with van der Waals surface area (Å²) in [5.41, 5.74) is 0.551. The van der Waals surface area contributed by atoms with Crippen molar-refractivity contribution in [2.75, 3.05) is 30.0 Å². The minimum absolute atomic E-state index is 0.0224. The third-order valence-corrected chi connectivity index (χ3v) is 5.10. The Morgan fingerprint density at radius 3 is 2.75 bits per heavy atom. The summed E-state index contributed by atoms with van der Waals surface area (Å²) >= 11 is 0. The molecule has 0 aromatic carbocycles. The summed E-state index contributed by atoms with van der Waals surface area (Å²) in [4.78, 5) is 18.8. The van der Waals surface area contributed by atoms with Gasteiger partial charge in [0.25, 0.3) is 0 Å². The lowest BCUT2D eigenvalue weighted by Crippen LogP contribution is -2.43. The molecule has 0 radical (unpaired) electrons. The van der Waals surface area contributed by atoms with Crippen molar-refractivity contribution in [2.45, 2.75) is 32.2 Å². The Bertz CT molecular complexity index is 618. The molecule has 1 N–H and O–H groups in total. The SMILES string of the molecule is CC(CCS(C)=O)NC(=O)C1CCN(c2ccc(C#N)cn2)CC1. The molecule has 1 amide bonds. The number of aromatic nitrogens is 1. The molecule has 2 rings (SSSR count). The van der Waals surface area contributed by atoms with Crippen LogP contribution >= 0.6 is 0 Å². The fraction of sp³-hybridized carbons (Fsp3) is 0.588. The number of nitrogens with one attached hydrogen (secondary N) is 1. The van der Waals surface area contributed by atoms with Gasteiger partial charge in [-0.05, 0) is 38.3 Å². The topological polar surface area (TPSA) is 86.1 Å². The van der Waals surface area contributed by atoms with Crippen molar-refractivity contribution in [3.63, 3.8) is 0 Å². The Balaban J connectivity index is 1.80. The molecule has 1 fully saturated rings. The molecule has 1 aliphatic heterocycles. The van der Waals surface area contributed by atoms with Crippen molar-refractivity contribution < 1.29 is 9.00 Å². The number of hydrogen-bond donors (Lipinski definition) is 1. The first kappa shape index (κ1) is 18.4. The molecule has 6 nitrogen and oxygen atoms in total. The van der Waals surface area contributed by atoms with Crippen molar-refractivity contribution in [3.8, 4) is 6.07 Å².